The van der Waals surface area contributed by atoms with Crippen LogP contribution in [0.1, 0.15) is 168 Å². The maximum atomic E-state index is 10.9. The van der Waals surface area contributed by atoms with Crippen LogP contribution in [0, 0.1) is 5.41 Å². The first-order valence-electron chi connectivity index (χ1n) is 19.8. The average Bonchev–Trinajstić information content (AvgIpc) is 3.06. The summed E-state index contributed by atoms with van der Waals surface area (Å²) in [7, 11) is -2.83. The van der Waals surface area contributed by atoms with E-state index in [-0.39, 0.29) is 18.6 Å². The van der Waals surface area contributed by atoms with Crippen molar-refractivity contribution in [3.05, 3.63) is 0 Å². The van der Waals surface area contributed by atoms with Crippen LogP contribution in [-0.2, 0) is 38.3 Å². The Labute approximate surface area is 297 Å². The fraction of sp³-hybridized carbons (Fsp3) is 1.00. The summed E-state index contributed by atoms with van der Waals surface area (Å²) in [6.07, 6.45) is 29.8. The van der Waals surface area contributed by atoms with Gasteiger partial charge >= 0.3 is 10.4 Å². The minimum absolute atomic E-state index is 0.0547. The van der Waals surface area contributed by atoms with Crippen LogP contribution in [0.2, 0.25) is 0 Å². The SMILES string of the molecule is CCCCCCCCCCCCCCOC[C@](CCCCCCCCOCCCCCCC)(COCCOC)COCCOS(=O)(=O)O. The van der Waals surface area contributed by atoms with Gasteiger partial charge in [-0.1, -0.05) is 142 Å². The van der Waals surface area contributed by atoms with E-state index in [0.29, 0.717) is 39.6 Å². The lowest BCUT2D eigenvalue weighted by atomic mass is 9.84. The van der Waals surface area contributed by atoms with Crippen LogP contribution in [-0.4, -0.2) is 86.1 Å². The molecule has 48 heavy (non-hydrogen) atoms. The molecule has 0 amide bonds. The van der Waals surface area contributed by atoms with E-state index >= 15 is 0 Å². The first-order chi connectivity index (χ1) is 23.4. The Morgan fingerprint density at radius 3 is 1.21 bits per heavy atom. The van der Waals surface area contributed by atoms with Crippen molar-refractivity contribution in [1.82, 2.24) is 0 Å². The van der Waals surface area contributed by atoms with Crippen LogP contribution in [0.3, 0.4) is 0 Å². The monoisotopic (exact) mass is 711 g/mol. The Bertz CT molecular complexity index is 704. The van der Waals surface area contributed by atoms with Gasteiger partial charge in [-0.25, -0.2) is 4.18 Å². The molecule has 0 radical (unpaired) electrons. The third kappa shape index (κ3) is 35.5. The topological polar surface area (TPSA) is 110 Å². The number of hydrogen-bond donors (Lipinski definition) is 1. The lowest BCUT2D eigenvalue weighted by Crippen LogP contribution is -2.38. The Morgan fingerprint density at radius 1 is 0.438 bits per heavy atom. The van der Waals surface area contributed by atoms with Crippen molar-refractivity contribution in [3.8, 4) is 0 Å². The highest BCUT2D eigenvalue weighted by Crippen LogP contribution is 2.28. The van der Waals surface area contributed by atoms with Gasteiger partial charge in [0.15, 0.2) is 0 Å². The third-order valence-electron chi connectivity index (χ3n) is 8.90. The molecule has 0 bridgehead atoms. The number of methoxy groups -OCH3 is 1. The van der Waals surface area contributed by atoms with Gasteiger partial charge in [0.25, 0.3) is 0 Å². The second-order valence-corrected chi connectivity index (χ2v) is 14.8. The van der Waals surface area contributed by atoms with Crippen LogP contribution in [0.25, 0.3) is 0 Å². The molecule has 0 aromatic heterocycles. The van der Waals surface area contributed by atoms with Crippen molar-refractivity contribution in [2.24, 2.45) is 5.41 Å². The predicted octanol–water partition coefficient (Wildman–Crippen LogP) is 9.91. The maximum absolute atomic E-state index is 10.9. The van der Waals surface area contributed by atoms with E-state index in [0.717, 1.165) is 45.3 Å². The van der Waals surface area contributed by atoms with Gasteiger partial charge in [0.1, 0.15) is 0 Å². The Morgan fingerprint density at radius 2 is 0.792 bits per heavy atom. The van der Waals surface area contributed by atoms with Crippen molar-refractivity contribution in [3.63, 3.8) is 0 Å². The van der Waals surface area contributed by atoms with Crippen molar-refractivity contribution in [2.45, 2.75) is 168 Å². The van der Waals surface area contributed by atoms with Gasteiger partial charge in [0.05, 0.1) is 46.2 Å². The highest BCUT2D eigenvalue weighted by Gasteiger charge is 2.31. The molecule has 1 atom stereocenters. The van der Waals surface area contributed by atoms with E-state index in [9.17, 15) is 8.42 Å². The van der Waals surface area contributed by atoms with Gasteiger partial charge in [-0.2, -0.15) is 8.42 Å². The van der Waals surface area contributed by atoms with E-state index in [1.165, 1.54) is 122 Å². The average molecular weight is 711 g/mol. The quantitative estimate of drug-likeness (QED) is 0.0490. The van der Waals surface area contributed by atoms with E-state index in [1.807, 2.05) is 0 Å². The number of rotatable bonds is 41. The lowest BCUT2D eigenvalue weighted by molar-refractivity contribution is -0.0825. The number of ether oxygens (including phenoxy) is 5. The van der Waals surface area contributed by atoms with Crippen molar-refractivity contribution < 1.29 is 40.8 Å². The molecule has 0 aliphatic rings. The van der Waals surface area contributed by atoms with Crippen LogP contribution in [0.15, 0.2) is 0 Å². The number of unbranched alkanes of at least 4 members (excludes halogenated alkanes) is 20. The van der Waals surface area contributed by atoms with Gasteiger partial charge in [-0.3, -0.25) is 4.55 Å². The summed E-state index contributed by atoms with van der Waals surface area (Å²) >= 11 is 0. The molecule has 0 unspecified atom stereocenters. The molecule has 10 heteroatoms. The second kappa shape index (κ2) is 36.5. The molecular weight excluding hydrogens is 632 g/mol. The van der Waals surface area contributed by atoms with Crippen LogP contribution < -0.4 is 0 Å². The minimum Gasteiger partial charge on any atom is -0.382 e. The first kappa shape index (κ1) is 47.7. The predicted molar refractivity (Wildman–Crippen MR) is 197 cm³/mol. The maximum Gasteiger partial charge on any atom is 0.397 e. The van der Waals surface area contributed by atoms with Crippen molar-refractivity contribution in [2.75, 3.05) is 73.2 Å². The molecule has 0 rings (SSSR count). The fourth-order valence-corrected chi connectivity index (χ4v) is 6.19. The molecule has 0 heterocycles. The van der Waals surface area contributed by atoms with Crippen LogP contribution in [0.4, 0.5) is 0 Å². The summed E-state index contributed by atoms with van der Waals surface area (Å²) in [5.74, 6) is 0. The van der Waals surface area contributed by atoms with Gasteiger partial charge in [-0.15, -0.1) is 0 Å². The van der Waals surface area contributed by atoms with Crippen molar-refractivity contribution in [1.29, 1.82) is 0 Å². The van der Waals surface area contributed by atoms with E-state index in [1.54, 1.807) is 7.11 Å². The molecule has 0 fully saturated rings. The minimum atomic E-state index is -4.49. The molecule has 0 aromatic rings. The summed E-state index contributed by atoms with van der Waals surface area (Å²) in [5.41, 5.74) is -0.353. The fourth-order valence-electron chi connectivity index (χ4n) is 5.91. The van der Waals surface area contributed by atoms with Gasteiger partial charge in [0, 0.05) is 32.3 Å². The zero-order valence-corrected chi connectivity index (χ0v) is 32.5. The smallest absolute Gasteiger partial charge is 0.382 e. The standard InChI is InChI=1S/C38H78O9S/c1-4-6-8-10-11-12-13-14-15-17-22-26-30-44-35-38(36-45-32-31-42-3,37-46-33-34-47-48(39,40)41)27-23-19-16-18-21-25-29-43-28-24-20-9-7-5-2/h4-37H2,1-3H3,(H,39,40,41)/t38-/m1/s1. The molecule has 9 nitrogen and oxygen atoms in total. The summed E-state index contributed by atoms with van der Waals surface area (Å²) in [4.78, 5) is 0. The number of hydrogen-bond acceptors (Lipinski definition) is 8. The molecular formula is C38H78O9S. The van der Waals surface area contributed by atoms with Gasteiger partial charge in [-0.05, 0) is 25.7 Å². The van der Waals surface area contributed by atoms with E-state index < -0.39 is 10.4 Å². The molecule has 0 saturated carbocycles. The van der Waals surface area contributed by atoms with E-state index in [2.05, 4.69) is 18.0 Å². The Kier molecular flexibility index (Phi) is 36.2. The van der Waals surface area contributed by atoms with Gasteiger partial charge in [0.2, 0.25) is 0 Å². The largest absolute Gasteiger partial charge is 0.397 e. The summed E-state index contributed by atoms with van der Waals surface area (Å²) in [5, 5.41) is 0. The summed E-state index contributed by atoms with van der Waals surface area (Å²) < 4.78 is 64.3. The molecule has 0 aliphatic heterocycles. The summed E-state index contributed by atoms with van der Waals surface area (Å²) in [6.45, 7) is 9.17. The lowest BCUT2D eigenvalue weighted by Gasteiger charge is -2.33. The molecule has 1 N–H and O–H groups in total. The van der Waals surface area contributed by atoms with E-state index in [4.69, 9.17) is 28.2 Å². The third-order valence-corrected chi connectivity index (χ3v) is 9.36. The second-order valence-electron chi connectivity index (χ2n) is 13.7. The first-order valence-corrected chi connectivity index (χ1v) is 21.2. The highest BCUT2D eigenvalue weighted by atomic mass is 32.3. The zero-order valence-electron chi connectivity index (χ0n) is 31.7. The molecule has 0 spiro atoms. The Hall–Kier alpha value is -0.330. The molecule has 0 saturated heterocycles. The highest BCUT2D eigenvalue weighted by molar-refractivity contribution is 7.80. The molecule has 0 aliphatic carbocycles. The molecule has 290 valence electrons. The van der Waals surface area contributed by atoms with Gasteiger partial charge < -0.3 is 23.7 Å². The van der Waals surface area contributed by atoms with Crippen molar-refractivity contribution >= 4 is 10.4 Å². The van der Waals surface area contributed by atoms with Crippen LogP contribution in [0.5, 0.6) is 0 Å². The Balaban J connectivity index is 4.55. The molecule has 0 aromatic carbocycles. The van der Waals surface area contributed by atoms with Crippen LogP contribution >= 0.6 is 0 Å². The summed E-state index contributed by atoms with van der Waals surface area (Å²) in [6, 6.07) is 0. The zero-order chi connectivity index (χ0) is 35.3. The normalized spacial score (nSPS) is 13.3.